The molecule has 0 saturated carbocycles. The van der Waals surface area contributed by atoms with Gasteiger partial charge in [-0.25, -0.2) is 0 Å². The fraction of sp³-hybridized carbons (Fsp3) is 0.385. The lowest BCUT2D eigenvalue weighted by atomic mass is 10.2. The van der Waals surface area contributed by atoms with Crippen molar-refractivity contribution in [3.8, 4) is 0 Å². The number of carboxylic acid groups (broad SMARTS) is 1. The van der Waals surface area contributed by atoms with Crippen LogP contribution in [-0.4, -0.2) is 43.8 Å². The molecule has 0 aromatic heterocycles. The van der Waals surface area contributed by atoms with E-state index in [4.69, 9.17) is 17.3 Å². The second-order valence-corrected chi connectivity index (χ2v) is 6.05. The number of rotatable bonds is 4. The number of thiocarbonyl (C=S) groups is 1. The Morgan fingerprint density at radius 1 is 1.47 bits per heavy atom. The molecule has 1 saturated heterocycles. The number of benzene rings is 1. The first-order valence-electron chi connectivity index (χ1n) is 6.00. The Hall–Kier alpha value is -1.11. The van der Waals surface area contributed by atoms with Crippen LogP contribution in [0.2, 0.25) is 0 Å². The van der Waals surface area contributed by atoms with Gasteiger partial charge in [0.1, 0.15) is 10.4 Å². The Morgan fingerprint density at radius 3 is 2.79 bits per heavy atom. The summed E-state index contributed by atoms with van der Waals surface area (Å²) in [4.78, 5) is 15.0. The summed E-state index contributed by atoms with van der Waals surface area (Å²) >= 11 is 6.87. The molecule has 1 heterocycles. The van der Waals surface area contributed by atoms with Gasteiger partial charge < -0.3 is 10.0 Å². The van der Waals surface area contributed by atoms with Crippen molar-refractivity contribution in [1.29, 1.82) is 0 Å². The van der Waals surface area contributed by atoms with Crippen molar-refractivity contribution < 1.29 is 9.90 Å². The van der Waals surface area contributed by atoms with Crippen molar-refractivity contribution in [3.05, 3.63) is 35.9 Å². The molecule has 0 bridgehead atoms. The normalized spacial score (nSPS) is 18.4. The maximum absolute atomic E-state index is 11.0. The van der Waals surface area contributed by atoms with Crippen LogP contribution >= 0.6 is 24.0 Å². The SMILES string of the molecule is CC(C(=O)O)N1CSC(=S)N(Cc2ccccc2)C1. The van der Waals surface area contributed by atoms with Gasteiger partial charge in [0.25, 0.3) is 0 Å². The number of nitrogens with zero attached hydrogens (tertiary/aromatic N) is 2. The van der Waals surface area contributed by atoms with Gasteiger partial charge in [0.05, 0.1) is 12.5 Å². The molecule has 102 valence electrons. The first-order chi connectivity index (χ1) is 9.08. The van der Waals surface area contributed by atoms with Crippen LogP contribution in [0.5, 0.6) is 0 Å². The van der Waals surface area contributed by atoms with Gasteiger partial charge in [0.15, 0.2) is 0 Å². The van der Waals surface area contributed by atoms with Crippen LogP contribution in [0, 0.1) is 0 Å². The number of thioether (sulfide) groups is 1. The standard InChI is InChI=1S/C13H16N2O2S2/c1-10(12(16)17)15-8-14(13(18)19-9-15)7-11-5-3-2-4-6-11/h2-6,10H,7-9H2,1H3,(H,16,17). The minimum absolute atomic E-state index is 0.492. The number of aliphatic carboxylic acids is 1. The van der Waals surface area contributed by atoms with Crippen LogP contribution < -0.4 is 0 Å². The van der Waals surface area contributed by atoms with Gasteiger partial charge in [-0.15, -0.1) is 0 Å². The molecule has 1 aliphatic heterocycles. The summed E-state index contributed by atoms with van der Waals surface area (Å²) in [5.74, 6) is -0.162. The van der Waals surface area contributed by atoms with E-state index in [9.17, 15) is 4.79 Å². The van der Waals surface area contributed by atoms with Gasteiger partial charge in [-0.05, 0) is 12.5 Å². The van der Waals surface area contributed by atoms with Gasteiger partial charge in [0, 0.05) is 6.54 Å². The van der Waals surface area contributed by atoms with Crippen LogP contribution in [-0.2, 0) is 11.3 Å². The van der Waals surface area contributed by atoms with E-state index in [0.29, 0.717) is 12.5 Å². The van der Waals surface area contributed by atoms with Crippen LogP contribution in [0.25, 0.3) is 0 Å². The van der Waals surface area contributed by atoms with Crippen LogP contribution in [0.4, 0.5) is 0 Å². The predicted molar refractivity (Wildman–Crippen MR) is 80.8 cm³/mol. The Balaban J connectivity index is 2.03. The molecule has 1 unspecified atom stereocenters. The van der Waals surface area contributed by atoms with Crippen molar-refractivity contribution in [1.82, 2.24) is 9.80 Å². The Morgan fingerprint density at radius 2 is 2.16 bits per heavy atom. The summed E-state index contributed by atoms with van der Waals surface area (Å²) in [5, 5.41) is 9.07. The fourth-order valence-corrected chi connectivity index (χ4v) is 3.02. The van der Waals surface area contributed by atoms with Gasteiger partial charge in [-0.1, -0.05) is 54.3 Å². The molecule has 1 atom stereocenters. The molecule has 1 N–H and O–H groups in total. The van der Waals surface area contributed by atoms with Gasteiger partial charge in [0.2, 0.25) is 0 Å². The van der Waals surface area contributed by atoms with E-state index in [1.54, 1.807) is 6.92 Å². The average molecular weight is 296 g/mol. The third-order valence-electron chi connectivity index (χ3n) is 3.09. The summed E-state index contributed by atoms with van der Waals surface area (Å²) < 4.78 is 0.831. The maximum atomic E-state index is 11.0. The largest absolute Gasteiger partial charge is 0.480 e. The summed E-state index contributed by atoms with van der Waals surface area (Å²) in [6, 6.07) is 9.57. The van der Waals surface area contributed by atoms with Gasteiger partial charge >= 0.3 is 5.97 Å². The monoisotopic (exact) mass is 296 g/mol. The topological polar surface area (TPSA) is 43.8 Å². The van der Waals surface area contributed by atoms with E-state index in [2.05, 4.69) is 0 Å². The van der Waals surface area contributed by atoms with E-state index >= 15 is 0 Å². The lowest BCUT2D eigenvalue weighted by Crippen LogP contribution is -2.50. The molecular weight excluding hydrogens is 280 g/mol. The first kappa shape index (κ1) is 14.3. The molecule has 0 aliphatic carbocycles. The minimum Gasteiger partial charge on any atom is -0.480 e. The summed E-state index contributed by atoms with van der Waals surface area (Å²) in [6.45, 7) is 2.99. The van der Waals surface area contributed by atoms with Crippen molar-refractivity contribution in [3.63, 3.8) is 0 Å². The van der Waals surface area contributed by atoms with Crippen molar-refractivity contribution in [2.75, 3.05) is 12.5 Å². The summed E-state index contributed by atoms with van der Waals surface area (Å²) in [7, 11) is 0. The highest BCUT2D eigenvalue weighted by atomic mass is 32.2. The zero-order valence-electron chi connectivity index (χ0n) is 10.7. The highest BCUT2D eigenvalue weighted by Gasteiger charge is 2.28. The number of hydrogen-bond donors (Lipinski definition) is 1. The van der Waals surface area contributed by atoms with Gasteiger partial charge in [-0.2, -0.15) is 0 Å². The van der Waals surface area contributed by atoms with Crippen LogP contribution in [0.3, 0.4) is 0 Å². The minimum atomic E-state index is -0.798. The Kier molecular flexibility index (Phi) is 4.79. The van der Waals surface area contributed by atoms with E-state index in [1.807, 2.05) is 40.1 Å². The highest BCUT2D eigenvalue weighted by molar-refractivity contribution is 8.22. The maximum Gasteiger partial charge on any atom is 0.320 e. The lowest BCUT2D eigenvalue weighted by Gasteiger charge is -2.38. The second-order valence-electron chi connectivity index (χ2n) is 4.47. The number of hydrogen-bond acceptors (Lipinski definition) is 4. The molecule has 6 heteroatoms. The molecule has 0 spiro atoms. The number of carboxylic acids is 1. The third-order valence-corrected chi connectivity index (χ3v) is 4.66. The van der Waals surface area contributed by atoms with E-state index < -0.39 is 12.0 Å². The third kappa shape index (κ3) is 3.68. The van der Waals surface area contributed by atoms with E-state index in [-0.39, 0.29) is 0 Å². The van der Waals surface area contributed by atoms with Crippen molar-refractivity contribution in [2.45, 2.75) is 19.5 Å². The molecule has 0 radical (unpaired) electrons. The predicted octanol–water partition coefficient (Wildman–Crippen LogP) is 2.21. The van der Waals surface area contributed by atoms with Gasteiger partial charge in [-0.3, -0.25) is 9.69 Å². The van der Waals surface area contributed by atoms with Crippen molar-refractivity contribution in [2.24, 2.45) is 0 Å². The summed E-state index contributed by atoms with van der Waals surface area (Å²) in [6.07, 6.45) is 0. The Labute approximate surface area is 122 Å². The lowest BCUT2D eigenvalue weighted by molar-refractivity contribution is -0.142. The molecule has 19 heavy (non-hydrogen) atoms. The quantitative estimate of drug-likeness (QED) is 0.860. The smallest absolute Gasteiger partial charge is 0.320 e. The van der Waals surface area contributed by atoms with Crippen molar-refractivity contribution >= 4 is 34.3 Å². The molecule has 1 aliphatic rings. The molecule has 0 amide bonds. The summed E-state index contributed by atoms with van der Waals surface area (Å²) in [5.41, 5.74) is 1.18. The second kappa shape index (κ2) is 6.36. The Bertz CT molecular complexity index is 467. The zero-order valence-corrected chi connectivity index (χ0v) is 12.3. The molecule has 1 aromatic carbocycles. The van der Waals surface area contributed by atoms with Crippen LogP contribution in [0.1, 0.15) is 12.5 Å². The molecule has 4 nitrogen and oxygen atoms in total. The molecule has 2 rings (SSSR count). The highest BCUT2D eigenvalue weighted by Crippen LogP contribution is 2.22. The average Bonchev–Trinajstić information content (AvgIpc) is 2.41. The molecule has 1 fully saturated rings. The fourth-order valence-electron chi connectivity index (χ4n) is 1.86. The first-order valence-corrected chi connectivity index (χ1v) is 7.40. The molecular formula is C13H16N2O2S2. The number of carbonyl (C=O) groups is 1. The van der Waals surface area contributed by atoms with E-state index in [1.165, 1.54) is 17.3 Å². The molecule has 1 aromatic rings. The van der Waals surface area contributed by atoms with E-state index in [0.717, 1.165) is 10.9 Å². The zero-order chi connectivity index (χ0) is 13.8. The van der Waals surface area contributed by atoms with Crippen LogP contribution in [0.15, 0.2) is 30.3 Å².